The van der Waals surface area contributed by atoms with Gasteiger partial charge in [-0.15, -0.1) is 0 Å². The van der Waals surface area contributed by atoms with Gasteiger partial charge in [-0.25, -0.2) is 0 Å². The number of benzene rings is 1. The molecule has 0 saturated carbocycles. The van der Waals surface area contributed by atoms with Gasteiger partial charge in [0.15, 0.2) is 11.5 Å². The van der Waals surface area contributed by atoms with E-state index in [0.717, 1.165) is 36.4 Å². The SMILES string of the molecule is CNCCCC(N)c1ccc2c(c1)OCO2. The molecule has 0 spiro atoms. The van der Waals surface area contributed by atoms with E-state index < -0.39 is 0 Å². The molecule has 3 N–H and O–H groups in total. The largest absolute Gasteiger partial charge is 0.454 e. The van der Waals surface area contributed by atoms with Gasteiger partial charge in [-0.1, -0.05) is 6.07 Å². The van der Waals surface area contributed by atoms with E-state index in [2.05, 4.69) is 5.32 Å². The minimum Gasteiger partial charge on any atom is -0.454 e. The lowest BCUT2D eigenvalue weighted by Gasteiger charge is -2.12. The molecule has 1 aliphatic heterocycles. The topological polar surface area (TPSA) is 56.5 Å². The van der Waals surface area contributed by atoms with Crippen molar-refractivity contribution in [2.75, 3.05) is 20.4 Å². The molecule has 1 heterocycles. The van der Waals surface area contributed by atoms with Crippen LogP contribution in [0.25, 0.3) is 0 Å². The maximum Gasteiger partial charge on any atom is 0.231 e. The van der Waals surface area contributed by atoms with Crippen LogP contribution in [0.15, 0.2) is 18.2 Å². The van der Waals surface area contributed by atoms with E-state index in [1.54, 1.807) is 0 Å². The van der Waals surface area contributed by atoms with E-state index in [-0.39, 0.29) is 6.04 Å². The van der Waals surface area contributed by atoms with Gasteiger partial charge in [0, 0.05) is 6.04 Å². The summed E-state index contributed by atoms with van der Waals surface area (Å²) in [6, 6.07) is 5.99. The Bertz CT molecular complexity index is 355. The third-order valence-electron chi connectivity index (χ3n) is 2.77. The zero-order valence-corrected chi connectivity index (χ0v) is 9.53. The molecule has 1 aliphatic rings. The van der Waals surface area contributed by atoms with Crippen molar-refractivity contribution in [1.82, 2.24) is 5.32 Å². The molecule has 0 aromatic heterocycles. The minimum atomic E-state index is 0.0721. The average Bonchev–Trinajstić information content (AvgIpc) is 2.76. The first-order valence-corrected chi connectivity index (χ1v) is 5.61. The molecule has 1 unspecified atom stereocenters. The van der Waals surface area contributed by atoms with Gasteiger partial charge in [0.2, 0.25) is 6.79 Å². The third-order valence-corrected chi connectivity index (χ3v) is 2.77. The molecule has 0 aliphatic carbocycles. The summed E-state index contributed by atoms with van der Waals surface area (Å²) in [5, 5.41) is 3.12. The van der Waals surface area contributed by atoms with Gasteiger partial charge in [-0.3, -0.25) is 0 Å². The Morgan fingerprint density at radius 1 is 1.38 bits per heavy atom. The van der Waals surface area contributed by atoms with Crippen molar-refractivity contribution in [3.63, 3.8) is 0 Å². The second-order valence-electron chi connectivity index (χ2n) is 3.96. The molecule has 0 bridgehead atoms. The standard InChI is InChI=1S/C12H18N2O2/c1-14-6-2-3-10(13)9-4-5-11-12(7-9)16-8-15-11/h4-5,7,10,14H,2-3,6,8,13H2,1H3. The van der Waals surface area contributed by atoms with Gasteiger partial charge in [0.25, 0.3) is 0 Å². The van der Waals surface area contributed by atoms with Crippen molar-refractivity contribution in [2.24, 2.45) is 5.73 Å². The second kappa shape index (κ2) is 5.18. The maximum atomic E-state index is 6.11. The Morgan fingerprint density at radius 3 is 3.00 bits per heavy atom. The lowest BCUT2D eigenvalue weighted by Crippen LogP contribution is -2.14. The van der Waals surface area contributed by atoms with Crippen molar-refractivity contribution < 1.29 is 9.47 Å². The predicted octanol–water partition coefficient (Wildman–Crippen LogP) is 1.41. The van der Waals surface area contributed by atoms with Crippen molar-refractivity contribution in [1.29, 1.82) is 0 Å². The lowest BCUT2D eigenvalue weighted by atomic mass is 10.0. The predicted molar refractivity (Wildman–Crippen MR) is 62.7 cm³/mol. The summed E-state index contributed by atoms with van der Waals surface area (Å²) in [6.45, 7) is 1.31. The molecule has 16 heavy (non-hydrogen) atoms. The highest BCUT2D eigenvalue weighted by molar-refractivity contribution is 5.45. The van der Waals surface area contributed by atoms with Gasteiger partial charge in [0.05, 0.1) is 0 Å². The number of ether oxygens (including phenoxy) is 2. The highest BCUT2D eigenvalue weighted by atomic mass is 16.7. The molecule has 0 radical (unpaired) electrons. The van der Waals surface area contributed by atoms with Crippen LogP contribution >= 0.6 is 0 Å². The molecule has 4 nitrogen and oxygen atoms in total. The second-order valence-corrected chi connectivity index (χ2v) is 3.96. The van der Waals surface area contributed by atoms with E-state index >= 15 is 0 Å². The molecule has 2 rings (SSSR count). The van der Waals surface area contributed by atoms with Gasteiger partial charge in [-0.2, -0.15) is 0 Å². The first-order valence-electron chi connectivity index (χ1n) is 5.61. The number of hydrogen-bond donors (Lipinski definition) is 2. The van der Waals surface area contributed by atoms with Crippen molar-refractivity contribution in [2.45, 2.75) is 18.9 Å². The zero-order chi connectivity index (χ0) is 11.4. The summed E-state index contributed by atoms with van der Waals surface area (Å²) in [4.78, 5) is 0. The van der Waals surface area contributed by atoms with Gasteiger partial charge in [0.1, 0.15) is 0 Å². The van der Waals surface area contributed by atoms with Crippen LogP contribution < -0.4 is 20.5 Å². The summed E-state index contributed by atoms with van der Waals surface area (Å²) >= 11 is 0. The smallest absolute Gasteiger partial charge is 0.231 e. The van der Waals surface area contributed by atoms with Gasteiger partial charge < -0.3 is 20.5 Å². The van der Waals surface area contributed by atoms with Crippen LogP contribution in [0.4, 0.5) is 0 Å². The van der Waals surface area contributed by atoms with Crippen molar-refractivity contribution >= 4 is 0 Å². The molecule has 1 atom stereocenters. The fourth-order valence-electron chi connectivity index (χ4n) is 1.81. The quantitative estimate of drug-likeness (QED) is 0.740. The van der Waals surface area contributed by atoms with Crippen LogP contribution in [-0.2, 0) is 0 Å². The Balaban J connectivity index is 1.98. The first kappa shape index (κ1) is 11.2. The summed E-state index contributed by atoms with van der Waals surface area (Å²) in [6.07, 6.45) is 2.05. The highest BCUT2D eigenvalue weighted by Crippen LogP contribution is 2.34. The molecular formula is C12H18N2O2. The Morgan fingerprint density at radius 2 is 2.19 bits per heavy atom. The molecule has 1 aromatic carbocycles. The van der Waals surface area contributed by atoms with Gasteiger partial charge >= 0.3 is 0 Å². The van der Waals surface area contributed by atoms with Crippen LogP contribution in [0.2, 0.25) is 0 Å². The van der Waals surface area contributed by atoms with Crippen molar-refractivity contribution in [3.05, 3.63) is 23.8 Å². The molecule has 88 valence electrons. The Kier molecular flexibility index (Phi) is 3.64. The van der Waals surface area contributed by atoms with E-state index in [0.29, 0.717) is 6.79 Å². The van der Waals surface area contributed by atoms with Crippen LogP contribution in [0.3, 0.4) is 0 Å². The molecule has 4 heteroatoms. The monoisotopic (exact) mass is 222 g/mol. The van der Waals surface area contributed by atoms with E-state index in [9.17, 15) is 0 Å². The summed E-state index contributed by atoms with van der Waals surface area (Å²) < 4.78 is 10.6. The summed E-state index contributed by atoms with van der Waals surface area (Å²) in [5.74, 6) is 1.62. The maximum absolute atomic E-state index is 6.11. The number of nitrogens with two attached hydrogens (primary N) is 1. The van der Waals surface area contributed by atoms with Crippen LogP contribution in [0.5, 0.6) is 11.5 Å². The highest BCUT2D eigenvalue weighted by Gasteiger charge is 2.15. The van der Waals surface area contributed by atoms with Crippen molar-refractivity contribution in [3.8, 4) is 11.5 Å². The number of nitrogens with one attached hydrogen (secondary N) is 1. The average molecular weight is 222 g/mol. The van der Waals surface area contributed by atoms with E-state index in [1.807, 2.05) is 25.2 Å². The fraction of sp³-hybridized carbons (Fsp3) is 0.500. The lowest BCUT2D eigenvalue weighted by molar-refractivity contribution is 0.174. The van der Waals surface area contributed by atoms with E-state index in [4.69, 9.17) is 15.2 Å². The Hall–Kier alpha value is -1.26. The summed E-state index contributed by atoms with van der Waals surface area (Å²) in [7, 11) is 1.95. The van der Waals surface area contributed by atoms with Crippen LogP contribution in [0, 0.1) is 0 Å². The van der Waals surface area contributed by atoms with Gasteiger partial charge in [-0.05, 0) is 44.1 Å². The molecule has 1 aromatic rings. The number of hydrogen-bond acceptors (Lipinski definition) is 4. The number of fused-ring (bicyclic) bond motifs is 1. The Labute approximate surface area is 95.7 Å². The number of rotatable bonds is 5. The van der Waals surface area contributed by atoms with Crippen LogP contribution in [-0.4, -0.2) is 20.4 Å². The van der Waals surface area contributed by atoms with Crippen LogP contribution in [0.1, 0.15) is 24.4 Å². The third kappa shape index (κ3) is 2.46. The molecule has 0 fully saturated rings. The normalized spacial score (nSPS) is 15.1. The molecular weight excluding hydrogens is 204 g/mol. The molecule has 0 amide bonds. The first-order chi connectivity index (χ1) is 7.81. The van der Waals surface area contributed by atoms with E-state index in [1.165, 1.54) is 0 Å². The zero-order valence-electron chi connectivity index (χ0n) is 9.53. The fourth-order valence-corrected chi connectivity index (χ4v) is 1.81. The minimum absolute atomic E-state index is 0.0721. The molecule has 0 saturated heterocycles. The summed E-state index contributed by atoms with van der Waals surface area (Å²) in [5.41, 5.74) is 7.22.